The third kappa shape index (κ3) is 2.19. The Morgan fingerprint density at radius 3 is 1.88 bits per heavy atom. The van der Waals surface area contributed by atoms with Crippen LogP contribution >= 0.6 is 0 Å². The summed E-state index contributed by atoms with van der Waals surface area (Å²) in [6.07, 6.45) is 9.18. The maximum atomic E-state index is 13.7. The van der Waals surface area contributed by atoms with Crippen molar-refractivity contribution in [3.8, 4) is 0 Å². The molecule has 1 heterocycles. The van der Waals surface area contributed by atoms with E-state index in [1.807, 2.05) is 19.1 Å². The van der Waals surface area contributed by atoms with Gasteiger partial charge in [0.2, 0.25) is 0 Å². The molecular formula is C28H31NO2S2. The second kappa shape index (κ2) is 6.20. The number of fused-ring (bicyclic) bond motifs is 3. The molecule has 3 nitrogen and oxygen atoms in total. The second-order valence-electron chi connectivity index (χ2n) is 11.8. The zero-order chi connectivity index (χ0) is 22.2. The fourth-order valence-corrected chi connectivity index (χ4v) is 16.1. The molecule has 0 aromatic heterocycles. The molecular weight excluding hydrogens is 446 g/mol. The van der Waals surface area contributed by atoms with Crippen molar-refractivity contribution >= 4 is 20.7 Å². The summed E-state index contributed by atoms with van der Waals surface area (Å²) in [4.78, 5) is 0.379. The van der Waals surface area contributed by atoms with Crippen LogP contribution < -0.4 is 0 Å². The van der Waals surface area contributed by atoms with Crippen LogP contribution in [0, 0.1) is 30.6 Å². The van der Waals surface area contributed by atoms with Crippen LogP contribution in [0.1, 0.15) is 73.5 Å². The van der Waals surface area contributed by atoms with E-state index in [2.05, 4.69) is 24.3 Å². The highest BCUT2D eigenvalue weighted by molar-refractivity contribution is 8.06. The van der Waals surface area contributed by atoms with E-state index in [1.165, 1.54) is 56.1 Å². The van der Waals surface area contributed by atoms with E-state index in [0.717, 1.165) is 17.4 Å². The van der Waals surface area contributed by atoms with Crippen LogP contribution in [0.2, 0.25) is 0 Å². The standard InChI is InChI=1S/C28H31NO2S2/c1-17-6-8-22(9-7-17)33(30,31)29-32-27(20-13-18-12-19(15-20)16-21(27)14-18)28(32)25-10-11-26(28)24-5-3-2-4-23(24)25/h2-9,18-21,25-26H,10-16H2,1H3. The first-order valence-corrected chi connectivity index (χ1v) is 15.5. The highest BCUT2D eigenvalue weighted by atomic mass is 32.3. The first-order valence-electron chi connectivity index (χ1n) is 12.8. The largest absolute Gasteiger partial charge is 0.287 e. The van der Waals surface area contributed by atoms with Gasteiger partial charge in [0, 0.05) is 11.8 Å². The van der Waals surface area contributed by atoms with Crippen molar-refractivity contribution in [2.24, 2.45) is 27.4 Å². The van der Waals surface area contributed by atoms with Crippen molar-refractivity contribution in [1.29, 1.82) is 0 Å². The van der Waals surface area contributed by atoms with Gasteiger partial charge in [-0.1, -0.05) is 52.7 Å². The van der Waals surface area contributed by atoms with Crippen LogP contribution in [0.25, 0.3) is 0 Å². The third-order valence-corrected chi connectivity index (χ3v) is 15.8. The van der Waals surface area contributed by atoms with Crippen LogP contribution in [-0.2, 0) is 20.7 Å². The highest BCUT2D eigenvalue weighted by Crippen LogP contribution is 2.85. The summed E-state index contributed by atoms with van der Waals surface area (Å²) in [6.45, 7) is 2.00. The van der Waals surface area contributed by atoms with E-state index in [1.54, 1.807) is 12.1 Å². The lowest BCUT2D eigenvalue weighted by Gasteiger charge is -2.56. The predicted molar refractivity (Wildman–Crippen MR) is 132 cm³/mol. The lowest BCUT2D eigenvalue weighted by atomic mass is 9.48. The molecule has 33 heavy (non-hydrogen) atoms. The van der Waals surface area contributed by atoms with Crippen molar-refractivity contribution < 1.29 is 8.42 Å². The van der Waals surface area contributed by atoms with E-state index in [9.17, 15) is 8.42 Å². The number of nitrogens with zero attached hydrogens (tertiary/aromatic N) is 1. The number of rotatable bonds is 2. The summed E-state index contributed by atoms with van der Waals surface area (Å²) in [5.41, 5.74) is 4.14. The lowest BCUT2D eigenvalue weighted by molar-refractivity contribution is -0.0156. The molecule has 2 aromatic carbocycles. The Balaban J connectivity index is 1.35. The van der Waals surface area contributed by atoms with E-state index in [-0.39, 0.29) is 9.49 Å². The first kappa shape index (κ1) is 19.8. The van der Waals surface area contributed by atoms with E-state index in [4.69, 9.17) is 3.77 Å². The van der Waals surface area contributed by atoms with E-state index < -0.39 is 20.7 Å². The van der Waals surface area contributed by atoms with Crippen LogP contribution in [0.3, 0.4) is 0 Å². The summed E-state index contributed by atoms with van der Waals surface area (Å²) in [7, 11) is -4.06. The van der Waals surface area contributed by atoms with Crippen molar-refractivity contribution in [2.45, 2.75) is 78.1 Å². The molecule has 7 aliphatic rings. The summed E-state index contributed by atoms with van der Waals surface area (Å²) < 4.78 is 32.6. The van der Waals surface area contributed by atoms with Crippen molar-refractivity contribution in [2.75, 3.05) is 0 Å². The van der Waals surface area contributed by atoms with Crippen molar-refractivity contribution in [1.82, 2.24) is 0 Å². The Bertz CT molecular complexity index is 1270. The molecule has 5 saturated carbocycles. The summed E-state index contributed by atoms with van der Waals surface area (Å²) in [6, 6.07) is 16.4. The minimum atomic E-state index is -3.65. The van der Waals surface area contributed by atoms with Crippen LogP contribution in [0.15, 0.2) is 57.2 Å². The number of hydrogen-bond acceptors (Lipinski definition) is 2. The van der Waals surface area contributed by atoms with Crippen LogP contribution in [0.5, 0.6) is 0 Å². The second-order valence-corrected chi connectivity index (χ2v) is 15.8. The molecule has 6 bridgehead atoms. The molecule has 3 atom stereocenters. The average Bonchev–Trinajstić information content (AvgIpc) is 3.05. The average molecular weight is 478 g/mol. The fourth-order valence-electron chi connectivity index (χ4n) is 9.93. The Labute approximate surface area is 199 Å². The first-order chi connectivity index (χ1) is 16.0. The third-order valence-electron chi connectivity index (χ3n) is 10.6. The fraction of sp³-hybridized carbons (Fsp3) is 0.571. The molecule has 0 N–H and O–H groups in total. The van der Waals surface area contributed by atoms with Gasteiger partial charge in [-0.3, -0.25) is 0 Å². The number of hydrogen-bond donors (Lipinski definition) is 0. The van der Waals surface area contributed by atoms with Gasteiger partial charge in [-0.15, -0.1) is 3.77 Å². The zero-order valence-electron chi connectivity index (χ0n) is 19.1. The van der Waals surface area contributed by atoms with Gasteiger partial charge in [-0.2, -0.15) is 8.42 Å². The molecule has 0 amide bonds. The Morgan fingerprint density at radius 2 is 1.33 bits per heavy atom. The molecule has 1 saturated heterocycles. The zero-order valence-corrected chi connectivity index (χ0v) is 20.7. The Morgan fingerprint density at radius 1 is 0.788 bits per heavy atom. The quantitative estimate of drug-likeness (QED) is 0.490. The van der Waals surface area contributed by atoms with Crippen LogP contribution in [-0.4, -0.2) is 17.9 Å². The van der Waals surface area contributed by atoms with Gasteiger partial charge in [0.1, 0.15) is 0 Å². The van der Waals surface area contributed by atoms with Gasteiger partial charge >= 0.3 is 0 Å². The smallest absolute Gasteiger partial charge is 0.199 e. The van der Waals surface area contributed by atoms with E-state index in [0.29, 0.717) is 28.6 Å². The van der Waals surface area contributed by atoms with Gasteiger partial charge in [0.25, 0.3) is 10.0 Å². The predicted octanol–water partition coefficient (Wildman–Crippen LogP) is 6.11. The van der Waals surface area contributed by atoms with E-state index >= 15 is 0 Å². The Hall–Kier alpha value is -1.46. The molecule has 0 radical (unpaired) electrons. The van der Waals surface area contributed by atoms with Gasteiger partial charge in [0.05, 0.1) is 14.4 Å². The van der Waals surface area contributed by atoms with Crippen molar-refractivity contribution in [3.05, 3.63) is 65.2 Å². The van der Waals surface area contributed by atoms with Gasteiger partial charge in [-0.25, -0.2) is 0 Å². The molecule has 6 aliphatic carbocycles. The van der Waals surface area contributed by atoms with Gasteiger partial charge in [0.15, 0.2) is 0 Å². The molecule has 5 heteroatoms. The maximum Gasteiger partial charge on any atom is 0.287 e. The molecule has 1 aliphatic heterocycles. The minimum absolute atomic E-state index is 0.0804. The molecule has 2 spiro atoms. The molecule has 172 valence electrons. The van der Waals surface area contributed by atoms with Crippen LogP contribution in [0.4, 0.5) is 0 Å². The molecule has 3 unspecified atom stereocenters. The lowest BCUT2D eigenvalue weighted by Crippen LogP contribution is -2.54. The van der Waals surface area contributed by atoms with Crippen molar-refractivity contribution in [3.63, 3.8) is 0 Å². The topological polar surface area (TPSA) is 46.5 Å². The molecule has 9 rings (SSSR count). The Kier molecular flexibility index (Phi) is 3.72. The number of sulfonamides is 1. The summed E-state index contributed by atoms with van der Waals surface area (Å²) >= 11 is 0. The number of benzene rings is 2. The normalized spacial score (nSPS) is 45.9. The molecule has 6 fully saturated rings. The van der Waals surface area contributed by atoms with Gasteiger partial charge < -0.3 is 0 Å². The summed E-state index contributed by atoms with van der Waals surface area (Å²) in [5.74, 6) is 4.17. The summed E-state index contributed by atoms with van der Waals surface area (Å²) in [5, 5.41) is 0. The maximum absolute atomic E-state index is 13.7. The highest BCUT2D eigenvalue weighted by Gasteiger charge is 2.88. The van der Waals surface area contributed by atoms with Gasteiger partial charge in [-0.05, 0) is 98.8 Å². The number of aryl methyl sites for hydroxylation is 1. The SMILES string of the molecule is Cc1ccc(S(=O)(=O)/N=S2\C3(C4CC5CC(C4)CC3C5)C23C2CCC3c3ccccc32)cc1. The monoisotopic (exact) mass is 477 g/mol. The molecule has 2 aromatic rings. The minimum Gasteiger partial charge on any atom is -0.199 e.